The van der Waals surface area contributed by atoms with Gasteiger partial charge in [0.25, 0.3) is 0 Å². The molecule has 1 saturated heterocycles. The monoisotopic (exact) mass is 383 g/mol. The molecule has 1 aromatic heterocycles. The van der Waals surface area contributed by atoms with Gasteiger partial charge in [0.05, 0.1) is 6.42 Å². The first-order valence-electron chi connectivity index (χ1n) is 9.29. The SMILES string of the molecule is CC(C)Sc1ccc(CC(=O)NCc2ccnc(N3CCCC3=O)c2)cc1. The van der Waals surface area contributed by atoms with Gasteiger partial charge in [0, 0.05) is 35.9 Å². The van der Waals surface area contributed by atoms with Crippen LogP contribution in [0.5, 0.6) is 0 Å². The molecule has 2 amide bonds. The van der Waals surface area contributed by atoms with Gasteiger partial charge in [0.15, 0.2) is 0 Å². The number of nitrogens with zero attached hydrogens (tertiary/aromatic N) is 2. The van der Waals surface area contributed by atoms with E-state index in [2.05, 4.69) is 36.3 Å². The third kappa shape index (κ3) is 5.57. The van der Waals surface area contributed by atoms with Gasteiger partial charge in [-0.2, -0.15) is 0 Å². The maximum absolute atomic E-state index is 12.2. The minimum atomic E-state index is -0.0186. The van der Waals surface area contributed by atoms with Crippen molar-refractivity contribution in [3.8, 4) is 0 Å². The maximum Gasteiger partial charge on any atom is 0.228 e. The van der Waals surface area contributed by atoms with Gasteiger partial charge in [-0.05, 0) is 41.8 Å². The van der Waals surface area contributed by atoms with Crippen molar-refractivity contribution in [2.45, 2.75) is 49.8 Å². The van der Waals surface area contributed by atoms with Crippen molar-refractivity contribution in [3.63, 3.8) is 0 Å². The second kappa shape index (κ2) is 9.04. The Morgan fingerprint density at radius 3 is 2.67 bits per heavy atom. The first kappa shape index (κ1) is 19.4. The van der Waals surface area contributed by atoms with Crippen LogP contribution in [0, 0.1) is 0 Å². The summed E-state index contributed by atoms with van der Waals surface area (Å²) in [4.78, 5) is 31.3. The second-order valence-electron chi connectivity index (χ2n) is 6.94. The van der Waals surface area contributed by atoms with Gasteiger partial charge in [0.1, 0.15) is 5.82 Å². The summed E-state index contributed by atoms with van der Waals surface area (Å²) >= 11 is 1.81. The first-order valence-corrected chi connectivity index (χ1v) is 10.2. The molecule has 1 aromatic carbocycles. The molecule has 27 heavy (non-hydrogen) atoms. The van der Waals surface area contributed by atoms with Crippen LogP contribution >= 0.6 is 11.8 Å². The molecule has 2 heterocycles. The number of nitrogens with one attached hydrogen (secondary N) is 1. The van der Waals surface area contributed by atoms with Crippen LogP contribution in [0.3, 0.4) is 0 Å². The Balaban J connectivity index is 1.52. The maximum atomic E-state index is 12.2. The molecular weight excluding hydrogens is 358 g/mol. The molecule has 1 fully saturated rings. The number of anilines is 1. The van der Waals surface area contributed by atoms with E-state index in [1.54, 1.807) is 11.1 Å². The zero-order valence-corrected chi connectivity index (χ0v) is 16.6. The van der Waals surface area contributed by atoms with Crippen molar-refractivity contribution in [1.29, 1.82) is 0 Å². The van der Waals surface area contributed by atoms with Crippen LogP contribution in [0.15, 0.2) is 47.5 Å². The Hall–Kier alpha value is -2.34. The fraction of sp³-hybridized carbons (Fsp3) is 0.381. The van der Waals surface area contributed by atoms with Crippen LogP contribution in [0.4, 0.5) is 5.82 Å². The van der Waals surface area contributed by atoms with E-state index in [9.17, 15) is 9.59 Å². The molecule has 0 atom stereocenters. The average Bonchev–Trinajstić information content (AvgIpc) is 3.07. The molecule has 0 saturated carbocycles. The number of thioether (sulfide) groups is 1. The normalized spacial score (nSPS) is 14.0. The number of aromatic nitrogens is 1. The van der Waals surface area contributed by atoms with E-state index in [1.807, 2.05) is 36.0 Å². The Kier molecular flexibility index (Phi) is 6.50. The molecule has 0 bridgehead atoms. The van der Waals surface area contributed by atoms with E-state index < -0.39 is 0 Å². The fourth-order valence-electron chi connectivity index (χ4n) is 3.02. The molecule has 1 N–H and O–H groups in total. The van der Waals surface area contributed by atoms with Gasteiger partial charge < -0.3 is 5.32 Å². The number of hydrogen-bond acceptors (Lipinski definition) is 4. The van der Waals surface area contributed by atoms with Gasteiger partial charge >= 0.3 is 0 Å². The zero-order chi connectivity index (χ0) is 19.2. The van der Waals surface area contributed by atoms with Crippen molar-refractivity contribution in [1.82, 2.24) is 10.3 Å². The van der Waals surface area contributed by atoms with E-state index in [4.69, 9.17) is 0 Å². The molecule has 2 aromatic rings. The Morgan fingerprint density at radius 1 is 1.22 bits per heavy atom. The van der Waals surface area contributed by atoms with Crippen LogP contribution in [0.1, 0.15) is 37.8 Å². The molecule has 5 nitrogen and oxygen atoms in total. The molecule has 0 spiro atoms. The highest BCUT2D eigenvalue weighted by Gasteiger charge is 2.22. The van der Waals surface area contributed by atoms with Crippen LogP contribution in [-0.4, -0.2) is 28.6 Å². The van der Waals surface area contributed by atoms with Gasteiger partial charge in [-0.3, -0.25) is 14.5 Å². The molecule has 1 aliphatic rings. The summed E-state index contributed by atoms with van der Waals surface area (Å²) in [6, 6.07) is 11.9. The summed E-state index contributed by atoms with van der Waals surface area (Å²) in [5.74, 6) is 0.764. The third-order valence-electron chi connectivity index (χ3n) is 4.31. The van der Waals surface area contributed by atoms with E-state index >= 15 is 0 Å². The lowest BCUT2D eigenvalue weighted by atomic mass is 10.1. The Bertz CT molecular complexity index is 805. The van der Waals surface area contributed by atoms with Gasteiger partial charge in [-0.15, -0.1) is 11.8 Å². The average molecular weight is 384 g/mol. The molecule has 0 aliphatic carbocycles. The number of carbonyl (C=O) groups excluding carboxylic acids is 2. The topological polar surface area (TPSA) is 62.3 Å². The minimum absolute atomic E-state index is 0.0186. The first-order chi connectivity index (χ1) is 13.0. The number of benzene rings is 1. The Morgan fingerprint density at radius 2 is 2.00 bits per heavy atom. The van der Waals surface area contributed by atoms with E-state index in [0.29, 0.717) is 37.0 Å². The molecular formula is C21H25N3O2S. The number of rotatable bonds is 7. The standard InChI is InChI=1S/C21H25N3O2S/c1-15(2)27-18-7-5-16(6-8-18)13-20(25)23-14-17-9-10-22-19(12-17)24-11-3-4-21(24)26/h5-10,12,15H,3-4,11,13-14H2,1-2H3,(H,23,25). The Labute approximate surface area is 164 Å². The van der Waals surface area contributed by atoms with Gasteiger partial charge in [-0.1, -0.05) is 26.0 Å². The van der Waals surface area contributed by atoms with Crippen LogP contribution in [0.2, 0.25) is 0 Å². The number of hydrogen-bond donors (Lipinski definition) is 1. The van der Waals surface area contributed by atoms with E-state index in [0.717, 1.165) is 17.5 Å². The van der Waals surface area contributed by atoms with Gasteiger partial charge in [0.2, 0.25) is 11.8 Å². The van der Waals surface area contributed by atoms with Crippen molar-refractivity contribution in [3.05, 3.63) is 53.7 Å². The van der Waals surface area contributed by atoms with Crippen LogP contribution in [0.25, 0.3) is 0 Å². The number of amides is 2. The predicted octanol–water partition coefficient (Wildman–Crippen LogP) is 3.57. The van der Waals surface area contributed by atoms with Crippen LogP contribution in [-0.2, 0) is 22.6 Å². The van der Waals surface area contributed by atoms with E-state index in [1.165, 1.54) is 4.90 Å². The highest BCUT2D eigenvalue weighted by molar-refractivity contribution is 7.99. The molecule has 0 unspecified atom stereocenters. The van der Waals surface area contributed by atoms with Crippen molar-refractivity contribution in [2.75, 3.05) is 11.4 Å². The van der Waals surface area contributed by atoms with Crippen LogP contribution < -0.4 is 10.2 Å². The summed E-state index contributed by atoms with van der Waals surface area (Å²) in [6.45, 7) is 5.47. The lowest BCUT2D eigenvalue weighted by molar-refractivity contribution is -0.120. The lowest BCUT2D eigenvalue weighted by Crippen LogP contribution is -2.26. The summed E-state index contributed by atoms with van der Waals surface area (Å²) in [5, 5.41) is 3.49. The molecule has 142 valence electrons. The molecule has 6 heteroatoms. The van der Waals surface area contributed by atoms with Crippen molar-refractivity contribution < 1.29 is 9.59 Å². The quantitative estimate of drug-likeness (QED) is 0.743. The molecule has 0 radical (unpaired) electrons. The summed E-state index contributed by atoms with van der Waals surface area (Å²) < 4.78 is 0. The highest BCUT2D eigenvalue weighted by Crippen LogP contribution is 2.23. The fourth-order valence-corrected chi connectivity index (χ4v) is 3.85. The van der Waals surface area contributed by atoms with Crippen molar-refractivity contribution >= 4 is 29.4 Å². The predicted molar refractivity (Wildman–Crippen MR) is 109 cm³/mol. The van der Waals surface area contributed by atoms with Crippen molar-refractivity contribution in [2.24, 2.45) is 0 Å². The smallest absolute Gasteiger partial charge is 0.228 e. The molecule has 1 aliphatic heterocycles. The summed E-state index contributed by atoms with van der Waals surface area (Å²) in [6.07, 6.45) is 3.50. The third-order valence-corrected chi connectivity index (χ3v) is 5.33. The van der Waals surface area contributed by atoms with Gasteiger partial charge in [-0.25, -0.2) is 4.98 Å². The summed E-state index contributed by atoms with van der Waals surface area (Å²) in [5.41, 5.74) is 1.94. The number of carbonyl (C=O) groups is 2. The minimum Gasteiger partial charge on any atom is -0.352 e. The zero-order valence-electron chi connectivity index (χ0n) is 15.8. The van der Waals surface area contributed by atoms with E-state index in [-0.39, 0.29) is 11.8 Å². The lowest BCUT2D eigenvalue weighted by Gasteiger charge is -2.15. The summed E-state index contributed by atoms with van der Waals surface area (Å²) in [7, 11) is 0. The highest BCUT2D eigenvalue weighted by atomic mass is 32.2. The largest absolute Gasteiger partial charge is 0.352 e. The molecule has 3 rings (SSSR count). The number of pyridine rings is 1. The second-order valence-corrected chi connectivity index (χ2v) is 8.59.